The lowest BCUT2D eigenvalue weighted by Crippen LogP contribution is -2.43. The number of H-pyrrole nitrogens is 1. The summed E-state index contributed by atoms with van der Waals surface area (Å²) in [7, 11) is 2.03. The predicted molar refractivity (Wildman–Crippen MR) is 183 cm³/mol. The van der Waals surface area contributed by atoms with Gasteiger partial charge in [-0.2, -0.15) is 0 Å². The zero-order chi connectivity index (χ0) is 34.7. The van der Waals surface area contributed by atoms with Gasteiger partial charge in [-0.3, -0.25) is 9.69 Å². The van der Waals surface area contributed by atoms with Crippen LogP contribution in [0.1, 0.15) is 102 Å². The lowest BCUT2D eigenvalue weighted by atomic mass is 9.76. The van der Waals surface area contributed by atoms with Crippen molar-refractivity contribution in [1.82, 2.24) is 15.2 Å². The van der Waals surface area contributed by atoms with Crippen LogP contribution in [-0.4, -0.2) is 77.2 Å². The Bertz CT molecular complexity index is 1360. The molecule has 2 fully saturated rings. The van der Waals surface area contributed by atoms with Crippen molar-refractivity contribution >= 4 is 52.4 Å². The topological polar surface area (TPSA) is 141 Å². The number of alkyl halides is 1. The molecule has 1 aromatic heterocycles. The Morgan fingerprint density at radius 2 is 1.87 bits per heavy atom. The van der Waals surface area contributed by atoms with Crippen LogP contribution in [0.15, 0.2) is 18.2 Å². The van der Waals surface area contributed by atoms with Crippen LogP contribution >= 0.6 is 11.6 Å². The number of rotatable bonds is 12. The number of carboxylic acids is 1. The molecular weight excluding hydrogens is 627 g/mol. The average Bonchev–Trinajstić information content (AvgIpc) is 3.58. The highest BCUT2D eigenvalue weighted by Gasteiger charge is 2.41. The molecule has 4 N–H and O–H groups in total. The number of likely N-dealkylation sites (tertiary alicyclic amines) is 1. The third-order valence-corrected chi connectivity index (χ3v) is 9.58. The summed E-state index contributed by atoms with van der Waals surface area (Å²) < 4.78 is 17.9. The van der Waals surface area contributed by atoms with Crippen LogP contribution in [0.5, 0.6) is 0 Å². The van der Waals surface area contributed by atoms with E-state index < -0.39 is 30.4 Å². The molecule has 0 spiro atoms. The Morgan fingerprint density at radius 1 is 1.17 bits per heavy atom. The molecule has 10 nitrogen and oxygen atoms in total. The molecule has 262 valence electrons. The molecule has 2 heterocycles. The van der Waals surface area contributed by atoms with Crippen molar-refractivity contribution in [2.45, 2.75) is 110 Å². The number of aromatic amines is 1. The highest BCUT2D eigenvalue weighted by molar-refractivity contribution is 6.38. The fraction of sp³-hybridized carbons (Fsp3) is 0.657. The van der Waals surface area contributed by atoms with E-state index >= 15 is 0 Å². The number of fused-ring (bicyclic) bond motifs is 1. The van der Waals surface area contributed by atoms with E-state index in [-0.39, 0.29) is 28.6 Å². The van der Waals surface area contributed by atoms with Crippen LogP contribution in [0.3, 0.4) is 0 Å². The first-order chi connectivity index (χ1) is 22.3. The Kier molecular flexibility index (Phi) is 14.5. The summed E-state index contributed by atoms with van der Waals surface area (Å²) in [6.07, 6.45) is 10.5. The van der Waals surface area contributed by atoms with Crippen molar-refractivity contribution in [1.29, 1.82) is 0 Å². The van der Waals surface area contributed by atoms with Gasteiger partial charge < -0.3 is 30.3 Å². The summed E-state index contributed by atoms with van der Waals surface area (Å²) in [4.78, 5) is 51.5. The van der Waals surface area contributed by atoms with E-state index in [0.717, 1.165) is 32.1 Å². The van der Waals surface area contributed by atoms with E-state index in [1.807, 2.05) is 14.0 Å². The van der Waals surface area contributed by atoms with E-state index in [4.69, 9.17) is 16.3 Å². The average molecular weight is 679 g/mol. The number of carboxylic acid groups (broad SMARTS) is 1. The van der Waals surface area contributed by atoms with E-state index in [1.165, 1.54) is 32.1 Å². The summed E-state index contributed by atoms with van der Waals surface area (Å²) in [5.74, 6) is -0.0193. The van der Waals surface area contributed by atoms with Gasteiger partial charge in [-0.05, 0) is 90.1 Å². The Labute approximate surface area is 282 Å². The Morgan fingerprint density at radius 3 is 2.47 bits per heavy atom. The van der Waals surface area contributed by atoms with Crippen LogP contribution in [0, 0.1) is 17.8 Å². The molecule has 2 aromatic rings. The summed E-state index contributed by atoms with van der Waals surface area (Å²) in [5.41, 5.74) is 0.653. The first-order valence-corrected chi connectivity index (χ1v) is 17.2. The van der Waals surface area contributed by atoms with E-state index in [0.29, 0.717) is 41.3 Å². The van der Waals surface area contributed by atoms with Crippen LogP contribution in [0.2, 0.25) is 5.02 Å². The molecule has 4 atom stereocenters. The molecule has 1 saturated heterocycles. The number of aromatic nitrogens is 1. The normalized spacial score (nSPS) is 20.1. The summed E-state index contributed by atoms with van der Waals surface area (Å²) in [5, 5.41) is 15.5. The van der Waals surface area contributed by atoms with Gasteiger partial charge in [0.05, 0.1) is 17.1 Å². The summed E-state index contributed by atoms with van der Waals surface area (Å²) >= 11 is 6.20. The molecule has 2 aliphatic rings. The van der Waals surface area contributed by atoms with Gasteiger partial charge in [0.2, 0.25) is 5.91 Å². The highest BCUT2D eigenvalue weighted by atomic mass is 35.5. The number of anilines is 1. The van der Waals surface area contributed by atoms with Crippen molar-refractivity contribution in [2.24, 2.45) is 17.8 Å². The molecule has 0 bridgehead atoms. The standard InChI is InChI=1S/C21H26ClN3O3.C14H26FNO3/c1-25-10-9-14(12-5-3-2-4-6-12)19(25)20(26)23-13-7-8-16-15(11-13)17(22)18(24-16)21(27)28;1-5-11(10-17)7-6-8-12(9-15)16-13(18)19-14(2,3)4/h7-8,11-12,14,19,24H,2-6,9-10H2,1H3,(H,23,26)(H,27,28);10-12H,5-9H2,1-4H3,(H,16,18). The van der Waals surface area contributed by atoms with Gasteiger partial charge in [0.15, 0.2) is 0 Å². The van der Waals surface area contributed by atoms with Crippen LogP contribution in [0.25, 0.3) is 10.9 Å². The van der Waals surface area contributed by atoms with Gasteiger partial charge in [0, 0.05) is 22.5 Å². The number of hydrogen-bond donors (Lipinski definition) is 4. The number of likely N-dealkylation sites (N-methyl/N-ethyl adjacent to an activating group) is 1. The lowest BCUT2D eigenvalue weighted by molar-refractivity contribution is -0.121. The smallest absolute Gasteiger partial charge is 0.407 e. The van der Waals surface area contributed by atoms with Crippen LogP contribution < -0.4 is 10.6 Å². The zero-order valence-electron chi connectivity index (χ0n) is 28.4. The van der Waals surface area contributed by atoms with Crippen molar-refractivity contribution in [3.8, 4) is 0 Å². The van der Waals surface area contributed by atoms with Gasteiger partial charge in [0.25, 0.3) is 0 Å². The molecule has 1 aliphatic heterocycles. The van der Waals surface area contributed by atoms with Crippen molar-refractivity contribution in [3.63, 3.8) is 0 Å². The number of nitrogens with zero attached hydrogens (tertiary/aromatic N) is 1. The third kappa shape index (κ3) is 11.2. The number of benzene rings is 1. The minimum Gasteiger partial charge on any atom is -0.477 e. The maximum Gasteiger partial charge on any atom is 0.407 e. The molecule has 1 saturated carbocycles. The van der Waals surface area contributed by atoms with E-state index in [2.05, 4.69) is 20.5 Å². The fourth-order valence-electron chi connectivity index (χ4n) is 6.68. The number of ether oxygens (including phenoxy) is 1. The van der Waals surface area contributed by atoms with Crippen molar-refractivity contribution < 1.29 is 33.4 Å². The number of amides is 2. The van der Waals surface area contributed by atoms with Crippen LogP contribution in [0.4, 0.5) is 14.9 Å². The predicted octanol–water partition coefficient (Wildman–Crippen LogP) is 7.60. The molecule has 0 radical (unpaired) electrons. The molecule has 12 heteroatoms. The second-order valence-electron chi connectivity index (χ2n) is 13.9. The minimum atomic E-state index is -1.10. The number of hydrogen-bond acceptors (Lipinski definition) is 6. The molecule has 1 aliphatic carbocycles. The monoisotopic (exact) mass is 678 g/mol. The van der Waals surface area contributed by atoms with Gasteiger partial charge in [-0.1, -0.05) is 57.0 Å². The second kappa shape index (κ2) is 17.8. The number of carbonyl (C=O) groups excluding carboxylic acids is 3. The van der Waals surface area contributed by atoms with Gasteiger partial charge in [0.1, 0.15) is 24.3 Å². The van der Waals surface area contributed by atoms with Crippen LogP contribution in [-0.2, 0) is 14.3 Å². The Balaban J connectivity index is 0.000000279. The van der Waals surface area contributed by atoms with Gasteiger partial charge in [-0.25, -0.2) is 14.0 Å². The second-order valence-corrected chi connectivity index (χ2v) is 14.3. The molecule has 4 unspecified atom stereocenters. The van der Waals surface area contributed by atoms with E-state index in [1.54, 1.807) is 39.0 Å². The maximum atomic E-state index is 13.1. The molecule has 1 aromatic carbocycles. The third-order valence-electron chi connectivity index (χ3n) is 9.19. The number of halogens is 2. The number of alkyl carbamates (subject to hydrolysis) is 1. The number of aromatic carboxylic acids is 1. The lowest BCUT2D eigenvalue weighted by Gasteiger charge is -2.32. The zero-order valence-corrected chi connectivity index (χ0v) is 29.1. The van der Waals surface area contributed by atoms with Crippen molar-refractivity contribution in [2.75, 3.05) is 25.6 Å². The van der Waals surface area contributed by atoms with Gasteiger partial charge >= 0.3 is 12.1 Å². The fourth-order valence-corrected chi connectivity index (χ4v) is 6.97. The highest BCUT2D eigenvalue weighted by Crippen LogP contribution is 2.39. The maximum absolute atomic E-state index is 13.1. The minimum absolute atomic E-state index is 0.0139. The van der Waals surface area contributed by atoms with E-state index in [9.17, 15) is 28.7 Å². The molecular formula is C35H52ClFN4O6. The summed E-state index contributed by atoms with van der Waals surface area (Å²) in [6.45, 7) is 7.54. The molecule has 4 rings (SSSR count). The van der Waals surface area contributed by atoms with Crippen molar-refractivity contribution in [3.05, 3.63) is 28.9 Å². The number of carbonyl (C=O) groups is 4. The molecule has 47 heavy (non-hydrogen) atoms. The number of aldehydes is 1. The Hall–Kier alpha value is -3.18. The summed E-state index contributed by atoms with van der Waals surface area (Å²) in [6, 6.07) is 4.61. The first kappa shape index (κ1) is 38.3. The van der Waals surface area contributed by atoms with Gasteiger partial charge in [-0.15, -0.1) is 0 Å². The largest absolute Gasteiger partial charge is 0.477 e. The SMILES string of the molecule is CCC(C=O)CCCC(CF)NC(=O)OC(C)(C)C.CN1CCC(C2CCCCC2)C1C(=O)Nc1ccc2[nH]c(C(=O)O)c(Cl)c2c1. The molecule has 2 amide bonds. The first-order valence-electron chi connectivity index (χ1n) is 16.8. The number of nitrogens with one attached hydrogen (secondary N) is 3. The quantitative estimate of drug-likeness (QED) is 0.169.